The van der Waals surface area contributed by atoms with Crippen LogP contribution in [0.2, 0.25) is 0 Å². The Labute approximate surface area is 158 Å². The molecule has 134 valence electrons. The molecule has 0 saturated carbocycles. The van der Waals surface area contributed by atoms with Crippen molar-refractivity contribution in [1.29, 1.82) is 0 Å². The molecule has 6 nitrogen and oxygen atoms in total. The van der Waals surface area contributed by atoms with E-state index in [1.807, 2.05) is 48.7 Å². The van der Waals surface area contributed by atoms with Crippen LogP contribution in [0, 0.1) is 0 Å². The topological polar surface area (TPSA) is 69.6 Å². The van der Waals surface area contributed by atoms with Crippen LogP contribution in [0.5, 0.6) is 11.5 Å². The van der Waals surface area contributed by atoms with Gasteiger partial charge in [-0.25, -0.2) is 0 Å². The Hall–Kier alpha value is -3.19. The van der Waals surface area contributed by atoms with E-state index in [-0.39, 0.29) is 17.9 Å². The molecule has 5 rings (SSSR count). The van der Waals surface area contributed by atoms with Crippen LogP contribution in [0.4, 0.5) is 4.79 Å². The van der Waals surface area contributed by atoms with Gasteiger partial charge < -0.3 is 14.0 Å². The minimum absolute atomic E-state index is 0.261. The van der Waals surface area contributed by atoms with Gasteiger partial charge >= 0.3 is 0 Å². The quantitative estimate of drug-likeness (QED) is 0.703. The van der Waals surface area contributed by atoms with Gasteiger partial charge in [-0.3, -0.25) is 14.9 Å². The number of nitrogens with zero attached hydrogens (tertiary/aromatic N) is 1. The monoisotopic (exact) mass is 378 g/mol. The number of benzene rings is 2. The van der Waals surface area contributed by atoms with Gasteiger partial charge in [0.25, 0.3) is 11.1 Å². The molecule has 2 aromatic carbocycles. The molecule has 7 heteroatoms. The van der Waals surface area contributed by atoms with Crippen molar-refractivity contribution in [2.45, 2.75) is 6.54 Å². The minimum atomic E-state index is -0.346. The van der Waals surface area contributed by atoms with Gasteiger partial charge in [-0.15, -0.1) is 0 Å². The number of hydrogen-bond donors (Lipinski definition) is 1. The molecular formula is C20H14N2O4S. The molecule has 0 radical (unpaired) electrons. The van der Waals surface area contributed by atoms with Crippen LogP contribution in [0.25, 0.3) is 17.0 Å². The lowest BCUT2D eigenvalue weighted by atomic mass is 10.1. The SMILES string of the molecule is O=C1NC(=O)/C(=C/c2cccc3c2ccn3Cc2ccc3c(c2)OCO3)S1. The summed E-state index contributed by atoms with van der Waals surface area (Å²) in [5.74, 6) is 1.19. The maximum atomic E-state index is 11.8. The maximum absolute atomic E-state index is 11.8. The fraction of sp³-hybridized carbons (Fsp3) is 0.100. The smallest absolute Gasteiger partial charge is 0.290 e. The Morgan fingerprint density at radius 3 is 2.85 bits per heavy atom. The average molecular weight is 378 g/mol. The fourth-order valence-electron chi connectivity index (χ4n) is 3.31. The molecule has 2 aliphatic rings. The van der Waals surface area contributed by atoms with Crippen LogP contribution >= 0.6 is 11.8 Å². The number of thioether (sulfide) groups is 1. The van der Waals surface area contributed by atoms with E-state index in [1.165, 1.54) is 0 Å². The highest BCUT2D eigenvalue weighted by molar-refractivity contribution is 8.18. The van der Waals surface area contributed by atoms with E-state index in [1.54, 1.807) is 6.08 Å². The Bertz CT molecular complexity index is 1130. The summed E-state index contributed by atoms with van der Waals surface area (Å²) in [7, 11) is 0. The van der Waals surface area contributed by atoms with Gasteiger partial charge in [0.05, 0.1) is 4.91 Å². The number of hydrogen-bond acceptors (Lipinski definition) is 5. The Morgan fingerprint density at radius 1 is 1.11 bits per heavy atom. The molecule has 3 aromatic rings. The van der Waals surface area contributed by atoms with Crippen molar-refractivity contribution in [2.75, 3.05) is 6.79 Å². The summed E-state index contributed by atoms with van der Waals surface area (Å²) in [4.78, 5) is 23.6. The summed E-state index contributed by atoms with van der Waals surface area (Å²) >= 11 is 0.927. The van der Waals surface area contributed by atoms with Gasteiger partial charge in [-0.1, -0.05) is 18.2 Å². The van der Waals surface area contributed by atoms with Crippen molar-refractivity contribution in [3.05, 3.63) is 64.7 Å². The lowest BCUT2D eigenvalue weighted by Gasteiger charge is -2.07. The van der Waals surface area contributed by atoms with Crippen LogP contribution in [-0.4, -0.2) is 22.5 Å². The van der Waals surface area contributed by atoms with Gasteiger partial charge in [-0.05, 0) is 53.2 Å². The standard InChI is InChI=1S/C20H14N2O4S/c23-19-18(27-20(24)21-19)9-13-2-1-3-15-14(13)6-7-22(15)10-12-4-5-16-17(8-12)26-11-25-16/h1-9H,10-11H2,(H,21,23,24)/b18-9-. The second-order valence-corrected chi connectivity index (χ2v) is 7.28. The third kappa shape index (κ3) is 2.86. The van der Waals surface area contributed by atoms with E-state index in [2.05, 4.69) is 9.88 Å². The van der Waals surface area contributed by atoms with E-state index >= 15 is 0 Å². The molecule has 0 bridgehead atoms. The Kier molecular flexibility index (Phi) is 3.68. The third-order valence-corrected chi connectivity index (χ3v) is 5.38. The number of nitrogens with one attached hydrogen (secondary N) is 1. The predicted octanol–water partition coefficient (Wildman–Crippen LogP) is 3.74. The zero-order chi connectivity index (χ0) is 18.4. The summed E-state index contributed by atoms with van der Waals surface area (Å²) in [5.41, 5.74) is 3.07. The molecule has 0 aliphatic carbocycles. The first kappa shape index (κ1) is 16.0. The number of fused-ring (bicyclic) bond motifs is 2. The molecule has 2 amide bonds. The van der Waals surface area contributed by atoms with E-state index in [0.29, 0.717) is 11.4 Å². The number of amides is 2. The Balaban J connectivity index is 1.50. The van der Waals surface area contributed by atoms with Crippen LogP contribution in [0.3, 0.4) is 0 Å². The second-order valence-electron chi connectivity index (χ2n) is 6.26. The van der Waals surface area contributed by atoms with Gasteiger partial charge in [-0.2, -0.15) is 0 Å². The summed E-state index contributed by atoms with van der Waals surface area (Å²) in [6, 6.07) is 13.9. The highest BCUT2D eigenvalue weighted by Gasteiger charge is 2.25. The van der Waals surface area contributed by atoms with Gasteiger partial charge in [0.1, 0.15) is 0 Å². The van der Waals surface area contributed by atoms with Crippen LogP contribution in [0.15, 0.2) is 53.6 Å². The zero-order valence-corrected chi connectivity index (χ0v) is 14.9. The van der Waals surface area contributed by atoms with Crippen molar-refractivity contribution < 1.29 is 19.1 Å². The van der Waals surface area contributed by atoms with Crippen LogP contribution in [0.1, 0.15) is 11.1 Å². The largest absolute Gasteiger partial charge is 0.454 e. The first-order valence-electron chi connectivity index (χ1n) is 8.39. The normalized spacial score (nSPS) is 17.1. The summed E-state index contributed by atoms with van der Waals surface area (Å²) in [6.07, 6.45) is 3.78. The van der Waals surface area contributed by atoms with Crippen molar-refractivity contribution in [3.8, 4) is 11.5 Å². The van der Waals surface area contributed by atoms with E-state index in [9.17, 15) is 9.59 Å². The van der Waals surface area contributed by atoms with E-state index < -0.39 is 0 Å². The highest BCUT2D eigenvalue weighted by atomic mass is 32.2. The number of rotatable bonds is 3. The fourth-order valence-corrected chi connectivity index (χ4v) is 3.98. The van der Waals surface area contributed by atoms with Crippen LogP contribution < -0.4 is 14.8 Å². The molecule has 1 fully saturated rings. The summed E-state index contributed by atoms with van der Waals surface area (Å²) in [5, 5.41) is 2.97. The van der Waals surface area contributed by atoms with Crippen molar-refractivity contribution in [2.24, 2.45) is 0 Å². The molecule has 0 unspecified atom stereocenters. The first-order chi connectivity index (χ1) is 13.2. The molecule has 3 heterocycles. The number of imide groups is 1. The van der Waals surface area contributed by atoms with E-state index in [4.69, 9.17) is 9.47 Å². The molecule has 2 aliphatic heterocycles. The maximum Gasteiger partial charge on any atom is 0.290 e. The summed E-state index contributed by atoms with van der Waals surface area (Å²) < 4.78 is 13.0. The number of aromatic nitrogens is 1. The molecular weight excluding hydrogens is 364 g/mol. The molecule has 0 spiro atoms. The molecule has 1 saturated heterocycles. The van der Waals surface area contributed by atoms with Gasteiger partial charge in [0, 0.05) is 23.6 Å². The van der Waals surface area contributed by atoms with Gasteiger partial charge in [0.2, 0.25) is 6.79 Å². The molecule has 1 aromatic heterocycles. The minimum Gasteiger partial charge on any atom is -0.454 e. The van der Waals surface area contributed by atoms with Crippen LogP contribution in [-0.2, 0) is 11.3 Å². The van der Waals surface area contributed by atoms with Crippen molar-refractivity contribution in [1.82, 2.24) is 9.88 Å². The zero-order valence-electron chi connectivity index (χ0n) is 14.1. The molecule has 27 heavy (non-hydrogen) atoms. The molecule has 0 atom stereocenters. The van der Waals surface area contributed by atoms with E-state index in [0.717, 1.165) is 45.3 Å². The lowest BCUT2D eigenvalue weighted by molar-refractivity contribution is -0.115. The number of carbonyl (C=O) groups is 2. The average Bonchev–Trinajstić information content (AvgIpc) is 3.35. The predicted molar refractivity (Wildman–Crippen MR) is 103 cm³/mol. The lowest BCUT2D eigenvalue weighted by Crippen LogP contribution is -2.17. The van der Waals surface area contributed by atoms with Gasteiger partial charge in [0.15, 0.2) is 11.5 Å². The van der Waals surface area contributed by atoms with Crippen molar-refractivity contribution >= 4 is 39.9 Å². The first-order valence-corrected chi connectivity index (χ1v) is 9.20. The number of carbonyl (C=O) groups excluding carboxylic acids is 2. The molecule has 1 N–H and O–H groups in total. The van der Waals surface area contributed by atoms with Crippen molar-refractivity contribution in [3.63, 3.8) is 0 Å². The number of ether oxygens (including phenoxy) is 2. The Morgan fingerprint density at radius 2 is 2.00 bits per heavy atom. The third-order valence-electron chi connectivity index (χ3n) is 4.57. The summed E-state index contributed by atoms with van der Waals surface area (Å²) in [6.45, 7) is 0.950. The second kappa shape index (κ2) is 6.21. The highest BCUT2D eigenvalue weighted by Crippen LogP contribution is 2.33.